The van der Waals surface area contributed by atoms with E-state index in [0.717, 1.165) is 0 Å². The van der Waals surface area contributed by atoms with Crippen LogP contribution in [-0.4, -0.2) is 0 Å². The summed E-state index contributed by atoms with van der Waals surface area (Å²) >= 11 is 1.87. The second kappa shape index (κ2) is 17.9. The van der Waals surface area contributed by atoms with Crippen LogP contribution in [0.1, 0.15) is 0 Å². The quantitative estimate of drug-likeness (QED) is 0.133. The maximum atomic E-state index is 2.38. The van der Waals surface area contributed by atoms with Crippen molar-refractivity contribution in [1.29, 1.82) is 0 Å². The summed E-state index contributed by atoms with van der Waals surface area (Å²) in [4.78, 5) is 0. The molecule has 0 nitrogen and oxygen atoms in total. The highest BCUT2D eigenvalue weighted by Gasteiger charge is 2.14. The molecule has 0 unspecified atom stereocenters. The molecule has 0 bridgehead atoms. The predicted octanol–water partition coefficient (Wildman–Crippen LogP) is 20.9. The van der Waals surface area contributed by atoms with Crippen molar-refractivity contribution in [3.63, 3.8) is 0 Å². The van der Waals surface area contributed by atoms with Crippen LogP contribution in [0.15, 0.2) is 279 Å². The Bertz CT molecular complexity index is 4400. The Balaban J connectivity index is 0.729. The van der Waals surface area contributed by atoms with Crippen LogP contribution in [0, 0.1) is 0 Å². The number of fused-ring (bicyclic) bond motifs is 9. The van der Waals surface area contributed by atoms with Gasteiger partial charge in [-0.1, -0.05) is 218 Å². The number of rotatable bonds is 8. The maximum Gasteiger partial charge on any atom is 0.0361 e. The van der Waals surface area contributed by atoms with Crippen molar-refractivity contribution in [2.24, 2.45) is 0 Å². The molecule has 1 heterocycles. The van der Waals surface area contributed by atoms with E-state index in [1.807, 2.05) is 11.3 Å². The first-order chi connectivity index (χ1) is 36.1. The lowest BCUT2D eigenvalue weighted by Crippen LogP contribution is -1.87. The summed E-state index contributed by atoms with van der Waals surface area (Å²) in [6.07, 6.45) is 0. The van der Waals surface area contributed by atoms with Gasteiger partial charge in [-0.05, 0) is 182 Å². The molecule has 0 radical (unpaired) electrons. The summed E-state index contributed by atoms with van der Waals surface area (Å²) in [6, 6.07) is 103. The first-order valence-electron chi connectivity index (χ1n) is 25.1. The van der Waals surface area contributed by atoms with Crippen LogP contribution < -0.4 is 0 Å². The Kier molecular flexibility index (Phi) is 10.5. The second-order valence-corrected chi connectivity index (χ2v) is 20.3. The normalized spacial score (nSPS) is 11.6. The van der Waals surface area contributed by atoms with Gasteiger partial charge in [0.05, 0.1) is 0 Å². The van der Waals surface area contributed by atoms with Crippen LogP contribution in [0.3, 0.4) is 0 Å². The van der Waals surface area contributed by atoms with Crippen molar-refractivity contribution >= 4 is 63.8 Å². The standard InChI is InChI=1S/C72H46S/c1-2-14-47(15-3-1)62-33-36-68-70-45-61(34-37-71(70)73-72(68)46-62)59-27-13-25-57(43-59)55-23-11-21-53(41-55)51-19-9-17-49(39-51)48-16-8-18-50(38-48)52-20-10-22-54(40-52)56-24-12-26-58(42-56)60-32-35-67-65-30-5-4-28-63(65)64-29-6-7-31-66(64)69(67)44-60/h1-46H. The second-order valence-electron chi connectivity index (χ2n) is 19.2. The zero-order valence-electron chi connectivity index (χ0n) is 40.0. The molecule has 0 atom stereocenters. The van der Waals surface area contributed by atoms with E-state index in [9.17, 15) is 0 Å². The van der Waals surface area contributed by atoms with Crippen molar-refractivity contribution in [3.05, 3.63) is 279 Å². The summed E-state index contributed by atoms with van der Waals surface area (Å²) in [7, 11) is 0. The predicted molar refractivity (Wildman–Crippen MR) is 315 cm³/mol. The molecule has 1 heteroatoms. The summed E-state index contributed by atoms with van der Waals surface area (Å²) in [6.45, 7) is 0. The van der Waals surface area contributed by atoms with Gasteiger partial charge in [-0.2, -0.15) is 0 Å². The minimum Gasteiger partial charge on any atom is -0.135 e. The van der Waals surface area contributed by atoms with E-state index >= 15 is 0 Å². The lowest BCUT2D eigenvalue weighted by atomic mass is 9.91. The van der Waals surface area contributed by atoms with Crippen molar-refractivity contribution in [1.82, 2.24) is 0 Å². The summed E-state index contributed by atoms with van der Waals surface area (Å²) in [5, 5.41) is 10.4. The van der Waals surface area contributed by atoms with Crippen molar-refractivity contribution in [3.8, 4) is 89.0 Å². The van der Waals surface area contributed by atoms with Gasteiger partial charge < -0.3 is 0 Å². The zero-order valence-corrected chi connectivity index (χ0v) is 40.8. The Morgan fingerprint density at radius 3 is 0.808 bits per heavy atom. The van der Waals surface area contributed by atoms with Crippen LogP contribution in [0.2, 0.25) is 0 Å². The highest BCUT2D eigenvalue weighted by molar-refractivity contribution is 7.25. The van der Waals surface area contributed by atoms with Gasteiger partial charge in [0, 0.05) is 20.2 Å². The third kappa shape index (κ3) is 7.88. The van der Waals surface area contributed by atoms with E-state index in [2.05, 4.69) is 279 Å². The highest BCUT2D eigenvalue weighted by atomic mass is 32.1. The van der Waals surface area contributed by atoms with Gasteiger partial charge in [-0.3, -0.25) is 0 Å². The molecule has 0 spiro atoms. The van der Waals surface area contributed by atoms with E-state index in [0.29, 0.717) is 0 Å². The van der Waals surface area contributed by atoms with Gasteiger partial charge >= 0.3 is 0 Å². The fourth-order valence-electron chi connectivity index (χ4n) is 11.1. The third-order valence-corrected chi connectivity index (χ3v) is 16.0. The molecule has 0 fully saturated rings. The van der Waals surface area contributed by atoms with Crippen LogP contribution in [0.4, 0.5) is 0 Å². The van der Waals surface area contributed by atoms with E-state index in [1.54, 1.807) is 0 Å². The van der Waals surface area contributed by atoms with Crippen molar-refractivity contribution in [2.45, 2.75) is 0 Å². The molecule has 13 aromatic carbocycles. The molecular formula is C72H46S. The number of benzene rings is 13. The van der Waals surface area contributed by atoms with Gasteiger partial charge in [0.25, 0.3) is 0 Å². The van der Waals surface area contributed by atoms with E-state index < -0.39 is 0 Å². The lowest BCUT2D eigenvalue weighted by molar-refractivity contribution is 1.56. The molecule has 340 valence electrons. The average molecular weight is 943 g/mol. The van der Waals surface area contributed by atoms with E-state index in [1.165, 1.54) is 142 Å². The fraction of sp³-hybridized carbons (Fsp3) is 0. The molecule has 0 aliphatic rings. The van der Waals surface area contributed by atoms with Crippen LogP contribution >= 0.6 is 11.3 Å². The summed E-state index contributed by atoms with van der Waals surface area (Å²) < 4.78 is 2.63. The van der Waals surface area contributed by atoms with E-state index in [4.69, 9.17) is 0 Å². The Morgan fingerprint density at radius 1 is 0.137 bits per heavy atom. The highest BCUT2D eigenvalue weighted by Crippen LogP contribution is 2.41. The van der Waals surface area contributed by atoms with Crippen LogP contribution in [-0.2, 0) is 0 Å². The molecule has 0 saturated heterocycles. The van der Waals surface area contributed by atoms with Crippen LogP contribution in [0.25, 0.3) is 142 Å². The molecule has 0 saturated carbocycles. The smallest absolute Gasteiger partial charge is 0.0361 e. The third-order valence-electron chi connectivity index (χ3n) is 14.8. The average Bonchev–Trinajstić information content (AvgIpc) is 3.85. The van der Waals surface area contributed by atoms with Gasteiger partial charge in [0.1, 0.15) is 0 Å². The zero-order chi connectivity index (χ0) is 48.2. The van der Waals surface area contributed by atoms with E-state index in [-0.39, 0.29) is 0 Å². The number of hydrogen-bond donors (Lipinski definition) is 0. The van der Waals surface area contributed by atoms with Crippen LogP contribution in [0.5, 0.6) is 0 Å². The lowest BCUT2D eigenvalue weighted by Gasteiger charge is -2.13. The molecule has 14 aromatic rings. The number of thiophene rings is 1. The molecule has 14 rings (SSSR count). The molecule has 0 N–H and O–H groups in total. The molecule has 0 amide bonds. The van der Waals surface area contributed by atoms with Gasteiger partial charge in [0.2, 0.25) is 0 Å². The minimum atomic E-state index is 1.19. The topological polar surface area (TPSA) is 0 Å². The number of hydrogen-bond acceptors (Lipinski definition) is 1. The fourth-order valence-corrected chi connectivity index (χ4v) is 12.2. The summed E-state index contributed by atoms with van der Waals surface area (Å²) in [5.41, 5.74) is 19.4. The van der Waals surface area contributed by atoms with Crippen molar-refractivity contribution in [2.75, 3.05) is 0 Å². The molecule has 0 aliphatic carbocycles. The maximum absolute atomic E-state index is 2.38. The molecular weight excluding hydrogens is 897 g/mol. The van der Waals surface area contributed by atoms with Gasteiger partial charge in [0.15, 0.2) is 0 Å². The minimum absolute atomic E-state index is 1.19. The first kappa shape index (κ1) is 42.7. The van der Waals surface area contributed by atoms with Gasteiger partial charge in [-0.15, -0.1) is 11.3 Å². The SMILES string of the molecule is c1ccc(-c2ccc3c(c2)sc2ccc(-c4cccc(-c5cccc(-c6cccc(-c7cccc(-c8cccc(-c9cccc(-c%10ccc%11c%12ccccc%12c%12ccccc%12c%11c%10)c9)c8)c7)c6)c5)c4)cc23)cc1. The molecule has 73 heavy (non-hydrogen) atoms. The Labute approximate surface area is 429 Å². The molecule has 0 aliphatic heterocycles. The Hall–Kier alpha value is -9.14. The summed E-state index contributed by atoms with van der Waals surface area (Å²) in [5.74, 6) is 0. The molecule has 1 aromatic heterocycles. The first-order valence-corrected chi connectivity index (χ1v) is 25.9. The van der Waals surface area contributed by atoms with Gasteiger partial charge in [-0.25, -0.2) is 0 Å². The monoisotopic (exact) mass is 942 g/mol. The van der Waals surface area contributed by atoms with Crippen molar-refractivity contribution < 1.29 is 0 Å². The largest absolute Gasteiger partial charge is 0.135 e. The Morgan fingerprint density at radius 2 is 0.411 bits per heavy atom.